The summed E-state index contributed by atoms with van der Waals surface area (Å²) in [4.78, 5) is 25.2. The van der Waals surface area contributed by atoms with Crippen LogP contribution in [0.25, 0.3) is 0 Å². The maximum Gasteiger partial charge on any atom is 0.308 e. The molecule has 0 aliphatic carbocycles. The second-order valence-corrected chi connectivity index (χ2v) is 9.41. The van der Waals surface area contributed by atoms with Crippen molar-refractivity contribution >= 4 is 40.4 Å². The van der Waals surface area contributed by atoms with Crippen molar-refractivity contribution in [1.29, 1.82) is 0 Å². The number of rotatable bonds is 16. The van der Waals surface area contributed by atoms with E-state index in [4.69, 9.17) is 14.2 Å². The standard InChI is InChI=1S/C32H39N5O5/c1-5-24(4)32(39)42-21-20-37(7-3)29-16-12-27(13-17-29)35-33-25-8-10-26(11-9-25)34-36-28-14-18-30(19-15-28)40-22-23-41-31(38)6-2/h8-19,24H,5-7,20-23H2,1-4H3. The van der Waals surface area contributed by atoms with E-state index in [1.165, 1.54) is 0 Å². The highest BCUT2D eigenvalue weighted by atomic mass is 16.6. The SMILES string of the molecule is CCC(=O)OCCOc1ccc(N=Nc2ccc(N=Nc3ccc(N(CC)CCOC(=O)C(C)CC)cc3)cc2)cc1. The molecule has 3 rings (SSSR count). The lowest BCUT2D eigenvalue weighted by molar-refractivity contribution is -0.147. The molecule has 0 heterocycles. The third-order valence-corrected chi connectivity index (χ3v) is 6.37. The highest BCUT2D eigenvalue weighted by Gasteiger charge is 2.12. The first-order valence-electron chi connectivity index (χ1n) is 14.3. The van der Waals surface area contributed by atoms with Crippen LogP contribution in [0.1, 0.15) is 40.5 Å². The Balaban J connectivity index is 1.47. The molecule has 0 N–H and O–H groups in total. The summed E-state index contributed by atoms with van der Waals surface area (Å²) in [6.45, 7) is 9.96. The maximum atomic E-state index is 11.9. The normalized spacial score (nSPS) is 11.9. The van der Waals surface area contributed by atoms with Gasteiger partial charge in [-0.3, -0.25) is 9.59 Å². The lowest BCUT2D eigenvalue weighted by Gasteiger charge is -2.23. The van der Waals surface area contributed by atoms with Gasteiger partial charge in [0.05, 0.1) is 35.2 Å². The van der Waals surface area contributed by atoms with E-state index >= 15 is 0 Å². The molecule has 0 amide bonds. The Bertz CT molecular complexity index is 1310. The van der Waals surface area contributed by atoms with Crippen LogP contribution in [0.2, 0.25) is 0 Å². The van der Waals surface area contributed by atoms with Gasteiger partial charge in [-0.05, 0) is 86.1 Å². The van der Waals surface area contributed by atoms with E-state index < -0.39 is 0 Å². The highest BCUT2D eigenvalue weighted by Crippen LogP contribution is 2.25. The van der Waals surface area contributed by atoms with Crippen LogP contribution in [0.15, 0.2) is 93.3 Å². The van der Waals surface area contributed by atoms with Crippen molar-refractivity contribution in [3.05, 3.63) is 72.8 Å². The van der Waals surface area contributed by atoms with Crippen LogP contribution in [-0.4, -0.2) is 44.8 Å². The topological polar surface area (TPSA) is 115 Å². The first kappa shape index (κ1) is 31.9. The third kappa shape index (κ3) is 10.8. The van der Waals surface area contributed by atoms with Crippen LogP contribution < -0.4 is 9.64 Å². The molecule has 222 valence electrons. The van der Waals surface area contributed by atoms with Gasteiger partial charge in [-0.2, -0.15) is 20.5 Å². The van der Waals surface area contributed by atoms with Crippen molar-refractivity contribution in [2.75, 3.05) is 37.8 Å². The number of hydrogen-bond acceptors (Lipinski definition) is 10. The molecule has 1 unspecified atom stereocenters. The van der Waals surface area contributed by atoms with E-state index in [0.717, 1.165) is 24.3 Å². The Morgan fingerprint density at radius 3 is 1.67 bits per heavy atom. The number of azo groups is 2. The minimum Gasteiger partial charge on any atom is -0.490 e. The van der Waals surface area contributed by atoms with Gasteiger partial charge in [0.15, 0.2) is 0 Å². The predicted octanol–water partition coefficient (Wildman–Crippen LogP) is 8.27. The van der Waals surface area contributed by atoms with Crippen LogP contribution in [0.5, 0.6) is 5.75 Å². The number of ether oxygens (including phenoxy) is 3. The fourth-order valence-corrected chi connectivity index (χ4v) is 3.61. The summed E-state index contributed by atoms with van der Waals surface area (Å²) >= 11 is 0. The minimum absolute atomic E-state index is 0.0764. The fourth-order valence-electron chi connectivity index (χ4n) is 3.61. The van der Waals surface area contributed by atoms with Crippen molar-refractivity contribution in [3.8, 4) is 5.75 Å². The first-order chi connectivity index (χ1) is 20.4. The molecule has 0 aliphatic rings. The molecular formula is C32H39N5O5. The summed E-state index contributed by atoms with van der Waals surface area (Å²) in [6.07, 6.45) is 1.12. The largest absolute Gasteiger partial charge is 0.490 e. The number of hydrogen-bond donors (Lipinski definition) is 0. The molecule has 0 fully saturated rings. The molecule has 3 aromatic rings. The summed E-state index contributed by atoms with van der Waals surface area (Å²) < 4.78 is 15.9. The monoisotopic (exact) mass is 573 g/mol. The molecule has 0 bridgehead atoms. The molecule has 1 atom stereocenters. The Kier molecular flexibility index (Phi) is 13.1. The average molecular weight is 574 g/mol. The molecule has 42 heavy (non-hydrogen) atoms. The molecule has 0 spiro atoms. The van der Waals surface area contributed by atoms with Crippen LogP contribution >= 0.6 is 0 Å². The van der Waals surface area contributed by atoms with Gasteiger partial charge in [-0.25, -0.2) is 0 Å². The number of carbonyl (C=O) groups is 2. The lowest BCUT2D eigenvalue weighted by atomic mass is 10.1. The van der Waals surface area contributed by atoms with E-state index in [2.05, 4.69) is 32.3 Å². The van der Waals surface area contributed by atoms with Crippen LogP contribution in [0, 0.1) is 5.92 Å². The van der Waals surface area contributed by atoms with Crippen molar-refractivity contribution in [2.45, 2.75) is 40.5 Å². The average Bonchev–Trinajstić information content (AvgIpc) is 3.03. The van der Waals surface area contributed by atoms with Gasteiger partial charge in [0.2, 0.25) is 0 Å². The number of likely N-dealkylation sites (N-methyl/N-ethyl adjacent to an activating group) is 1. The van der Waals surface area contributed by atoms with Gasteiger partial charge in [0, 0.05) is 18.7 Å². The number of nitrogens with zero attached hydrogens (tertiary/aromatic N) is 5. The highest BCUT2D eigenvalue weighted by molar-refractivity contribution is 5.72. The zero-order valence-corrected chi connectivity index (χ0v) is 24.7. The fraction of sp³-hybridized carbons (Fsp3) is 0.375. The predicted molar refractivity (Wildman–Crippen MR) is 163 cm³/mol. The van der Waals surface area contributed by atoms with Crippen LogP contribution in [-0.2, 0) is 19.1 Å². The van der Waals surface area contributed by atoms with Gasteiger partial charge < -0.3 is 19.1 Å². The molecule has 0 aliphatic heterocycles. The number of benzene rings is 3. The zero-order valence-electron chi connectivity index (χ0n) is 24.7. The first-order valence-corrected chi connectivity index (χ1v) is 14.3. The summed E-state index contributed by atoms with van der Waals surface area (Å²) in [6, 6.07) is 22.3. The second kappa shape index (κ2) is 17.3. The molecule has 3 aromatic carbocycles. The van der Waals surface area contributed by atoms with Gasteiger partial charge >= 0.3 is 11.9 Å². The molecule has 0 saturated carbocycles. The quantitative estimate of drug-likeness (QED) is 0.0968. The van der Waals surface area contributed by atoms with E-state index in [0.29, 0.717) is 42.4 Å². The zero-order chi connectivity index (χ0) is 30.2. The summed E-state index contributed by atoms with van der Waals surface area (Å²) in [5, 5.41) is 17.2. The van der Waals surface area contributed by atoms with Gasteiger partial charge in [-0.15, -0.1) is 0 Å². The van der Waals surface area contributed by atoms with E-state index in [-0.39, 0.29) is 31.1 Å². The van der Waals surface area contributed by atoms with E-state index in [9.17, 15) is 9.59 Å². The van der Waals surface area contributed by atoms with Gasteiger partial charge in [-0.1, -0.05) is 20.8 Å². The smallest absolute Gasteiger partial charge is 0.308 e. The Hall–Kier alpha value is -4.60. The van der Waals surface area contributed by atoms with Gasteiger partial charge in [0.1, 0.15) is 25.6 Å². The Labute approximate surface area is 247 Å². The van der Waals surface area contributed by atoms with Crippen LogP contribution in [0.4, 0.5) is 28.4 Å². The molecule has 0 radical (unpaired) electrons. The van der Waals surface area contributed by atoms with Crippen molar-refractivity contribution < 1.29 is 23.8 Å². The van der Waals surface area contributed by atoms with Crippen molar-refractivity contribution in [1.82, 2.24) is 0 Å². The molecule has 10 nitrogen and oxygen atoms in total. The van der Waals surface area contributed by atoms with E-state index in [1.54, 1.807) is 31.2 Å². The molecule has 0 aromatic heterocycles. The van der Waals surface area contributed by atoms with E-state index in [1.807, 2.05) is 62.4 Å². The molecule has 10 heteroatoms. The lowest BCUT2D eigenvalue weighted by Crippen LogP contribution is -2.28. The molecular weight excluding hydrogens is 534 g/mol. The summed E-state index contributed by atoms with van der Waals surface area (Å²) in [5.74, 6) is 0.189. The van der Waals surface area contributed by atoms with Gasteiger partial charge in [0.25, 0.3) is 0 Å². The van der Waals surface area contributed by atoms with Crippen LogP contribution in [0.3, 0.4) is 0 Å². The summed E-state index contributed by atoms with van der Waals surface area (Å²) in [7, 11) is 0. The summed E-state index contributed by atoms with van der Waals surface area (Å²) in [5.41, 5.74) is 3.83. The Morgan fingerprint density at radius 1 is 0.690 bits per heavy atom. The minimum atomic E-state index is -0.245. The third-order valence-electron chi connectivity index (χ3n) is 6.37. The maximum absolute atomic E-state index is 11.9. The molecule has 0 saturated heterocycles. The second-order valence-electron chi connectivity index (χ2n) is 9.41. The Morgan fingerprint density at radius 2 is 1.19 bits per heavy atom. The number of esters is 2. The van der Waals surface area contributed by atoms with Crippen molar-refractivity contribution in [2.24, 2.45) is 26.4 Å². The number of anilines is 1. The van der Waals surface area contributed by atoms with Crippen molar-refractivity contribution in [3.63, 3.8) is 0 Å². The number of carbonyl (C=O) groups excluding carboxylic acids is 2.